The molecule has 1 aromatic carbocycles. The number of amidine groups is 1. The van der Waals surface area contributed by atoms with Gasteiger partial charge >= 0.3 is 0 Å². The first kappa shape index (κ1) is 14.3. The number of hydrogen-bond donors (Lipinski definition) is 3. The number of oxime groups is 1. The number of nitrogens with zero attached hydrogens (tertiary/aromatic N) is 1. The Morgan fingerprint density at radius 1 is 1.50 bits per heavy atom. The van der Waals surface area contributed by atoms with Gasteiger partial charge < -0.3 is 21.0 Å². The summed E-state index contributed by atoms with van der Waals surface area (Å²) in [6.07, 6.45) is 3.20. The average molecular weight is 277 g/mol. The van der Waals surface area contributed by atoms with Gasteiger partial charge in [0.25, 0.3) is 0 Å². The summed E-state index contributed by atoms with van der Waals surface area (Å²) < 4.78 is 5.43. The van der Waals surface area contributed by atoms with Crippen LogP contribution >= 0.6 is 0 Å². The molecule has 1 amide bonds. The van der Waals surface area contributed by atoms with E-state index < -0.39 is 0 Å². The van der Waals surface area contributed by atoms with Gasteiger partial charge in [0.2, 0.25) is 5.91 Å². The lowest BCUT2D eigenvalue weighted by atomic mass is 9.77. The molecule has 4 N–H and O–H groups in total. The van der Waals surface area contributed by atoms with E-state index >= 15 is 0 Å². The molecule has 0 spiro atoms. The van der Waals surface area contributed by atoms with Crippen LogP contribution in [0.25, 0.3) is 0 Å². The van der Waals surface area contributed by atoms with Crippen LogP contribution in [0, 0.1) is 0 Å². The van der Waals surface area contributed by atoms with Crippen LogP contribution in [0.3, 0.4) is 0 Å². The van der Waals surface area contributed by atoms with Gasteiger partial charge in [-0.25, -0.2) is 0 Å². The molecule has 0 saturated heterocycles. The lowest BCUT2D eigenvalue weighted by Crippen LogP contribution is -2.42. The molecule has 2 rings (SSSR count). The number of methoxy groups -OCH3 is 1. The van der Waals surface area contributed by atoms with Crippen molar-refractivity contribution in [1.82, 2.24) is 0 Å². The van der Waals surface area contributed by atoms with Gasteiger partial charge in [0.1, 0.15) is 0 Å². The molecule has 20 heavy (non-hydrogen) atoms. The molecule has 0 aliphatic heterocycles. The summed E-state index contributed by atoms with van der Waals surface area (Å²) >= 11 is 0. The number of amides is 1. The molecule has 108 valence electrons. The average Bonchev–Trinajstić information content (AvgIpc) is 2.42. The summed E-state index contributed by atoms with van der Waals surface area (Å²) in [7, 11) is 1.64. The van der Waals surface area contributed by atoms with E-state index in [1.54, 1.807) is 31.4 Å². The normalized spacial score (nSPS) is 17.4. The zero-order chi connectivity index (χ0) is 14.6. The van der Waals surface area contributed by atoms with Crippen LogP contribution in [0.5, 0.6) is 0 Å². The molecule has 1 aromatic rings. The van der Waals surface area contributed by atoms with Crippen molar-refractivity contribution in [2.75, 3.05) is 12.4 Å². The summed E-state index contributed by atoms with van der Waals surface area (Å²) in [5, 5.41) is 14.5. The van der Waals surface area contributed by atoms with Crippen LogP contribution in [0.2, 0.25) is 0 Å². The van der Waals surface area contributed by atoms with Crippen LogP contribution in [0.4, 0.5) is 5.69 Å². The molecule has 1 fully saturated rings. The molecule has 0 atom stereocenters. The first-order valence-corrected chi connectivity index (χ1v) is 6.52. The predicted molar refractivity (Wildman–Crippen MR) is 75.8 cm³/mol. The minimum Gasteiger partial charge on any atom is -0.409 e. The summed E-state index contributed by atoms with van der Waals surface area (Å²) in [6, 6.07) is 6.93. The van der Waals surface area contributed by atoms with E-state index in [4.69, 9.17) is 15.7 Å². The Morgan fingerprint density at radius 3 is 2.75 bits per heavy atom. The Bertz CT molecular complexity index is 519. The van der Waals surface area contributed by atoms with Crippen molar-refractivity contribution in [3.63, 3.8) is 0 Å². The van der Waals surface area contributed by atoms with Crippen molar-refractivity contribution >= 4 is 17.4 Å². The Hall–Kier alpha value is -2.08. The van der Waals surface area contributed by atoms with Gasteiger partial charge in [-0.1, -0.05) is 17.3 Å². The van der Waals surface area contributed by atoms with Gasteiger partial charge in [-0.2, -0.15) is 0 Å². The fourth-order valence-electron chi connectivity index (χ4n) is 2.38. The minimum absolute atomic E-state index is 0.0361. The van der Waals surface area contributed by atoms with Crippen molar-refractivity contribution in [1.29, 1.82) is 0 Å². The molecule has 1 saturated carbocycles. The number of nitrogens with two attached hydrogens (primary N) is 1. The quantitative estimate of drug-likeness (QED) is 0.330. The number of nitrogens with one attached hydrogen (secondary N) is 1. The van der Waals surface area contributed by atoms with Crippen LogP contribution in [-0.4, -0.2) is 29.7 Å². The number of anilines is 1. The second-order valence-electron chi connectivity index (χ2n) is 5.00. The number of rotatable bonds is 5. The molecule has 6 nitrogen and oxygen atoms in total. The van der Waals surface area contributed by atoms with Crippen molar-refractivity contribution in [3.8, 4) is 0 Å². The Kier molecular flexibility index (Phi) is 4.24. The fraction of sp³-hybridized carbons (Fsp3) is 0.429. The predicted octanol–water partition coefficient (Wildman–Crippen LogP) is 1.68. The Balaban J connectivity index is 2.08. The lowest BCUT2D eigenvalue weighted by Gasteiger charge is -2.39. The van der Waals surface area contributed by atoms with E-state index in [0.29, 0.717) is 17.7 Å². The fourth-order valence-corrected chi connectivity index (χ4v) is 2.38. The topological polar surface area (TPSA) is 96.9 Å². The molecule has 0 unspecified atom stereocenters. The Morgan fingerprint density at radius 2 is 2.20 bits per heavy atom. The highest BCUT2D eigenvalue weighted by molar-refractivity contribution is 6.05. The molecule has 0 radical (unpaired) electrons. The minimum atomic E-state index is -0.324. The van der Waals surface area contributed by atoms with E-state index in [-0.39, 0.29) is 17.3 Å². The second kappa shape index (κ2) is 5.92. The van der Waals surface area contributed by atoms with Gasteiger partial charge in [0, 0.05) is 12.7 Å². The zero-order valence-electron chi connectivity index (χ0n) is 11.4. The van der Waals surface area contributed by atoms with Gasteiger partial charge in [-0.15, -0.1) is 0 Å². The maximum absolute atomic E-state index is 12.1. The standard InChI is InChI=1S/C14H19N3O3/c1-20-14(7-4-8-14)9-12(18)16-11-6-3-2-5-10(11)13(15)17-19/h2-3,5-6,19H,4,7-9H2,1H3,(H2,15,17)(H,16,18). The van der Waals surface area contributed by atoms with Gasteiger partial charge in [-0.05, 0) is 31.4 Å². The molecule has 0 aromatic heterocycles. The van der Waals surface area contributed by atoms with E-state index in [1.807, 2.05) is 0 Å². The van der Waals surface area contributed by atoms with Crippen LogP contribution in [-0.2, 0) is 9.53 Å². The van der Waals surface area contributed by atoms with Crippen molar-refractivity contribution in [2.24, 2.45) is 10.9 Å². The van der Waals surface area contributed by atoms with Crippen LogP contribution < -0.4 is 11.1 Å². The van der Waals surface area contributed by atoms with Gasteiger partial charge in [-0.3, -0.25) is 4.79 Å². The highest BCUT2D eigenvalue weighted by Gasteiger charge is 2.39. The van der Waals surface area contributed by atoms with Crippen LogP contribution in [0.1, 0.15) is 31.2 Å². The van der Waals surface area contributed by atoms with E-state index in [0.717, 1.165) is 19.3 Å². The van der Waals surface area contributed by atoms with E-state index in [2.05, 4.69) is 10.5 Å². The molecule has 1 aliphatic rings. The number of benzene rings is 1. The van der Waals surface area contributed by atoms with E-state index in [9.17, 15) is 4.79 Å². The zero-order valence-corrected chi connectivity index (χ0v) is 11.4. The van der Waals surface area contributed by atoms with Crippen molar-refractivity contribution in [3.05, 3.63) is 29.8 Å². The number of carbonyl (C=O) groups is 1. The monoisotopic (exact) mass is 277 g/mol. The molecule has 1 aliphatic carbocycles. The number of para-hydroxylation sites is 1. The van der Waals surface area contributed by atoms with E-state index in [1.165, 1.54) is 0 Å². The number of carbonyl (C=O) groups excluding carboxylic acids is 1. The van der Waals surface area contributed by atoms with Gasteiger partial charge in [0.05, 0.1) is 17.7 Å². The SMILES string of the molecule is COC1(CC(=O)Nc2ccccc2/C(N)=N/O)CCC1. The summed E-state index contributed by atoms with van der Waals surface area (Å²) in [5.41, 5.74) is 6.28. The highest BCUT2D eigenvalue weighted by atomic mass is 16.5. The lowest BCUT2D eigenvalue weighted by molar-refractivity contribution is -0.129. The second-order valence-corrected chi connectivity index (χ2v) is 5.00. The summed E-state index contributed by atoms with van der Waals surface area (Å²) in [4.78, 5) is 12.1. The van der Waals surface area contributed by atoms with Crippen molar-refractivity contribution < 1.29 is 14.7 Å². The van der Waals surface area contributed by atoms with Crippen molar-refractivity contribution in [2.45, 2.75) is 31.3 Å². The van der Waals surface area contributed by atoms with Crippen LogP contribution in [0.15, 0.2) is 29.4 Å². The molecule has 6 heteroatoms. The third-order valence-electron chi connectivity index (χ3n) is 3.77. The maximum Gasteiger partial charge on any atom is 0.227 e. The maximum atomic E-state index is 12.1. The summed E-state index contributed by atoms with van der Waals surface area (Å²) in [5.74, 6) is -0.171. The largest absolute Gasteiger partial charge is 0.409 e. The third-order valence-corrected chi connectivity index (χ3v) is 3.77. The summed E-state index contributed by atoms with van der Waals surface area (Å²) in [6.45, 7) is 0. The number of hydrogen-bond acceptors (Lipinski definition) is 4. The van der Waals surface area contributed by atoms with Gasteiger partial charge in [0.15, 0.2) is 5.84 Å². The third kappa shape index (κ3) is 2.91. The number of ether oxygens (including phenoxy) is 1. The first-order valence-electron chi connectivity index (χ1n) is 6.52. The molecule has 0 heterocycles. The molecular weight excluding hydrogens is 258 g/mol. The highest BCUT2D eigenvalue weighted by Crippen LogP contribution is 2.38. The molecule has 0 bridgehead atoms. The smallest absolute Gasteiger partial charge is 0.227 e. The Labute approximate surface area is 117 Å². The first-order chi connectivity index (χ1) is 9.60. The molecular formula is C14H19N3O3.